The number of rotatable bonds is 7. The quantitative estimate of drug-likeness (QED) is 0.0639. The summed E-state index contributed by atoms with van der Waals surface area (Å²) in [4.78, 5) is 30.9. The van der Waals surface area contributed by atoms with Gasteiger partial charge in [-0.15, -0.1) is 0 Å². The number of allylic oxidation sites excluding steroid dienone is 8. The maximum absolute atomic E-state index is 16.1. The number of likely N-dealkylation sites (N-methyl/N-ethyl adjacent to an activating group) is 1. The number of phenolic OH excluding ortho intramolecular Hbond substituents is 2. The molecule has 12 N–H and O–H groups in total. The number of aromatic hydroxyl groups is 2. The van der Waals surface area contributed by atoms with Gasteiger partial charge in [-0.2, -0.15) is 0 Å². The highest BCUT2D eigenvalue weighted by molar-refractivity contribution is 5.93. The molecule has 15 rings (SSSR count). The van der Waals surface area contributed by atoms with Crippen LogP contribution in [0.25, 0.3) is 11.0 Å². The second-order valence-electron chi connectivity index (χ2n) is 26.4. The molecular formula is C69H76N4O12. The first-order valence-electron chi connectivity index (χ1n) is 31.0. The zero-order valence-corrected chi connectivity index (χ0v) is 48.2. The van der Waals surface area contributed by atoms with Crippen LogP contribution in [-0.2, 0) is 29.0 Å². The van der Waals surface area contributed by atoms with E-state index in [0.29, 0.717) is 68.4 Å². The molecule has 5 heterocycles. The predicted molar refractivity (Wildman–Crippen MR) is 317 cm³/mol. The number of aliphatic hydroxyl groups excluding tert-OH is 4. The monoisotopic (exact) mass is 1150 g/mol. The van der Waals surface area contributed by atoms with Crippen LogP contribution in [0.5, 0.6) is 17.2 Å². The summed E-state index contributed by atoms with van der Waals surface area (Å²) in [6.45, 7) is 5.87. The van der Waals surface area contributed by atoms with Crippen molar-refractivity contribution in [2.75, 3.05) is 19.7 Å². The lowest BCUT2D eigenvalue weighted by Crippen LogP contribution is -2.59. The molecule has 4 aromatic rings. The lowest BCUT2D eigenvalue weighted by Gasteiger charge is -2.53. The van der Waals surface area contributed by atoms with Gasteiger partial charge in [0.05, 0.1) is 30.6 Å². The molecule has 4 aliphatic heterocycles. The van der Waals surface area contributed by atoms with E-state index in [-0.39, 0.29) is 99.8 Å². The van der Waals surface area contributed by atoms with Gasteiger partial charge < -0.3 is 66.0 Å². The minimum absolute atomic E-state index is 0.0120. The first-order chi connectivity index (χ1) is 41.1. The zero-order chi connectivity index (χ0) is 58.7. The molecule has 7 aliphatic carbocycles. The van der Waals surface area contributed by atoms with Crippen LogP contribution in [0, 0.1) is 41.4 Å². The Bertz CT molecular complexity index is 3810. The Balaban J connectivity index is 0.932. The van der Waals surface area contributed by atoms with Crippen LogP contribution < -0.4 is 31.8 Å². The number of phenols is 2. The Morgan fingerprint density at radius 1 is 0.965 bits per heavy atom. The number of fused-ring (bicyclic) bond motifs is 13. The van der Waals surface area contributed by atoms with Gasteiger partial charge in [0.25, 0.3) is 0 Å². The summed E-state index contributed by atoms with van der Waals surface area (Å²) >= 11 is 0. The molecule has 0 amide bonds. The minimum Gasteiger partial charge on any atom is -0.508 e. The Kier molecular flexibility index (Phi) is 12.9. The summed E-state index contributed by atoms with van der Waals surface area (Å²) in [5.41, 5.74) is 13.9. The van der Waals surface area contributed by atoms with Gasteiger partial charge in [0.2, 0.25) is 0 Å². The summed E-state index contributed by atoms with van der Waals surface area (Å²) in [6, 6.07) is 12.6. The van der Waals surface area contributed by atoms with Crippen LogP contribution in [0.2, 0.25) is 0 Å². The summed E-state index contributed by atoms with van der Waals surface area (Å²) in [5.74, 6) is -4.45. The van der Waals surface area contributed by atoms with E-state index in [9.17, 15) is 40.5 Å². The number of aliphatic hydroxyl groups is 5. The molecule has 85 heavy (non-hydrogen) atoms. The van der Waals surface area contributed by atoms with E-state index < -0.39 is 83.5 Å². The van der Waals surface area contributed by atoms with E-state index in [0.717, 1.165) is 57.2 Å². The molecule has 16 nitrogen and oxygen atoms in total. The van der Waals surface area contributed by atoms with Crippen molar-refractivity contribution in [1.29, 1.82) is 0 Å². The van der Waals surface area contributed by atoms with Gasteiger partial charge in [-0.3, -0.25) is 10.1 Å². The lowest BCUT2D eigenvalue weighted by atomic mass is 9.53. The number of hydrogen-bond acceptors (Lipinski definition) is 16. The van der Waals surface area contributed by atoms with E-state index in [1.54, 1.807) is 25.1 Å². The Morgan fingerprint density at radius 3 is 2.60 bits per heavy atom. The highest BCUT2D eigenvalue weighted by Gasteiger charge is 2.63. The van der Waals surface area contributed by atoms with Gasteiger partial charge in [-0.1, -0.05) is 61.6 Å². The van der Waals surface area contributed by atoms with Crippen molar-refractivity contribution in [1.82, 2.24) is 16.0 Å². The molecule has 2 saturated carbocycles. The molecule has 3 aromatic carbocycles. The smallest absolute Gasteiger partial charge is 0.337 e. The predicted octanol–water partition coefficient (Wildman–Crippen LogP) is 7.33. The van der Waals surface area contributed by atoms with Crippen molar-refractivity contribution >= 4 is 16.9 Å². The SMILES string of the molecule is C/C=C(\C(=O)O[C@@H]1Cc2c3c(c4oc(CO)cc(=O)c4c2O)[C@H]2C4=CCNC(N)=C4[C@@H](CCc4ccc(O)cc4[C@H]2CO)[C@H]2CCC4=CC(NCC)NC=C4C[C@@H]2[C@]1(C)O3)[C@@]1(O)C[C@H]2C[C@@H]1[C@H]1C=CC3=C[C@H](O)C[C@H]4[C@@H]3[C@@H]1c1c2cccc1[C@H]4O. The third-order valence-corrected chi connectivity index (χ3v) is 22.6. The largest absolute Gasteiger partial charge is 0.508 e. The summed E-state index contributed by atoms with van der Waals surface area (Å²) in [5, 5.41) is 94.5. The Labute approximate surface area is 493 Å². The number of ether oxygens (including phenoxy) is 2. The van der Waals surface area contributed by atoms with Gasteiger partial charge in [-0.05, 0) is 193 Å². The maximum Gasteiger partial charge on any atom is 0.337 e. The Morgan fingerprint density at radius 2 is 1.80 bits per heavy atom. The molecule has 6 bridgehead atoms. The average molecular weight is 1150 g/mol. The van der Waals surface area contributed by atoms with Crippen molar-refractivity contribution in [2.45, 2.75) is 145 Å². The number of carbonyl (C=O) groups is 1. The molecule has 17 atom stereocenters. The molecule has 0 spiro atoms. The highest BCUT2D eigenvalue weighted by atomic mass is 16.6. The van der Waals surface area contributed by atoms with Crippen molar-refractivity contribution in [3.05, 3.63) is 179 Å². The average Bonchev–Trinajstić information content (AvgIpc) is 1.72. The van der Waals surface area contributed by atoms with Crippen LogP contribution in [0.3, 0.4) is 0 Å². The number of benzene rings is 3. The van der Waals surface area contributed by atoms with Gasteiger partial charge in [0.1, 0.15) is 63.7 Å². The van der Waals surface area contributed by atoms with Gasteiger partial charge in [0, 0.05) is 54.1 Å². The van der Waals surface area contributed by atoms with E-state index in [1.165, 1.54) is 5.57 Å². The number of dihydropyridines is 2. The van der Waals surface area contributed by atoms with Crippen LogP contribution >= 0.6 is 0 Å². The number of hydrogen-bond donors (Lipinski definition) is 11. The lowest BCUT2D eigenvalue weighted by molar-refractivity contribution is -0.172. The third-order valence-electron chi connectivity index (χ3n) is 22.6. The standard InChI is InChI=1S/C69H76N4O12/c1-4-49(69(82)27-34-20-51(69)42-16-12-33-19-37(77)24-46-55(33)59(42)56-39(34)7-6-8-44(56)62(46)79)67(81)84-53-26-47-63(80)60-52(78)25-38(29-74)83-65(60)61-57-43-17-18-72-66(70)58(43)41(15-10-31-9-13-36(76)23-45(31)48(57)30-75)40-14-11-32-22-54(71-5-2)73-28-35(32)21-50(40)68(53,3)85-64(47)61/h4,6-9,12-13,16-17,19,22-23,25,28,34,37,40-42,46,48,50-51,53-55,57,59,62,71-77,79-80,82H,5,10-11,14-15,18,20-21,24,26-27,29-30,70H2,1-3H3/b49-4+/t34-,37+,40-,41+,42-,46+,48-,50+,51-,53-,54?,55-,57+,59-,62-,68+,69+/m1/s1. The molecule has 444 valence electrons. The zero-order valence-electron chi connectivity index (χ0n) is 48.2. The van der Waals surface area contributed by atoms with Crippen molar-refractivity contribution in [3.8, 4) is 17.2 Å². The molecule has 0 radical (unpaired) electrons. The van der Waals surface area contributed by atoms with E-state index in [2.05, 4.69) is 59.4 Å². The van der Waals surface area contributed by atoms with Gasteiger partial charge in [0.15, 0.2) is 5.43 Å². The highest BCUT2D eigenvalue weighted by Crippen LogP contribution is 2.67. The normalized spacial score (nSPS) is 36.2. The number of carbonyl (C=O) groups excluding carboxylic acids is 1. The first kappa shape index (κ1) is 54.7. The van der Waals surface area contributed by atoms with E-state index in [4.69, 9.17) is 19.6 Å². The van der Waals surface area contributed by atoms with Crippen LogP contribution in [0.15, 0.2) is 134 Å². The molecule has 1 aromatic heterocycles. The topological polar surface area (TPSA) is 269 Å². The van der Waals surface area contributed by atoms with E-state index >= 15 is 4.79 Å². The molecule has 1 unspecified atom stereocenters. The number of esters is 1. The maximum atomic E-state index is 16.1. The van der Waals surface area contributed by atoms with Gasteiger partial charge in [-0.25, -0.2) is 4.79 Å². The minimum atomic E-state index is -1.68. The number of nitrogens with one attached hydrogen (secondary N) is 3. The molecule has 11 aliphatic rings. The summed E-state index contributed by atoms with van der Waals surface area (Å²) in [7, 11) is 0. The van der Waals surface area contributed by atoms with Crippen LogP contribution in [0.1, 0.15) is 140 Å². The second kappa shape index (κ2) is 20.1. The van der Waals surface area contributed by atoms with Crippen molar-refractivity contribution in [2.24, 2.45) is 47.2 Å². The summed E-state index contributed by atoms with van der Waals surface area (Å²) in [6.07, 6.45) is 15.7. The van der Waals surface area contributed by atoms with Crippen LogP contribution in [-0.4, -0.2) is 91.0 Å². The van der Waals surface area contributed by atoms with Crippen LogP contribution in [0.4, 0.5) is 0 Å². The molecule has 2 fully saturated rings. The van der Waals surface area contributed by atoms with Gasteiger partial charge >= 0.3 is 5.97 Å². The number of aryl methyl sites for hydroxylation is 1. The third kappa shape index (κ3) is 8.00. The molecule has 16 heteroatoms. The van der Waals surface area contributed by atoms with Crippen molar-refractivity contribution in [3.63, 3.8) is 0 Å². The number of nitrogens with two attached hydrogens (primary N) is 1. The summed E-state index contributed by atoms with van der Waals surface area (Å²) < 4.78 is 21.7. The first-order valence-corrected chi connectivity index (χ1v) is 31.0. The van der Waals surface area contributed by atoms with Crippen molar-refractivity contribution < 1.29 is 54.4 Å². The fourth-order valence-electron chi connectivity index (χ4n) is 19.1. The fourth-order valence-corrected chi connectivity index (χ4v) is 19.1. The Hall–Kier alpha value is -6.92. The fraction of sp³-hybridized carbons (Fsp3) is 0.478. The second-order valence-corrected chi connectivity index (χ2v) is 26.4. The molecule has 0 saturated heterocycles. The van der Waals surface area contributed by atoms with E-state index in [1.807, 2.05) is 31.2 Å². The molecular weight excluding hydrogens is 1080 g/mol.